The number of nitrogens with one attached hydrogen (secondary N) is 2. The molecular weight excluding hydrogens is 332 g/mol. The highest BCUT2D eigenvalue weighted by Gasteiger charge is 2.30. The van der Waals surface area contributed by atoms with E-state index < -0.39 is 11.9 Å². The predicted octanol–water partition coefficient (Wildman–Crippen LogP) is 1.41. The first-order valence-corrected chi connectivity index (χ1v) is 9.32. The first-order valence-electron chi connectivity index (χ1n) is 9.32. The molecule has 1 atom stereocenters. The smallest absolute Gasteiger partial charge is 0.255 e. The van der Waals surface area contributed by atoms with Crippen molar-refractivity contribution in [2.75, 3.05) is 5.01 Å². The first-order chi connectivity index (χ1) is 12.5. The third kappa shape index (κ3) is 3.88. The fourth-order valence-corrected chi connectivity index (χ4v) is 3.48. The fourth-order valence-electron chi connectivity index (χ4n) is 3.48. The van der Waals surface area contributed by atoms with Crippen molar-refractivity contribution >= 4 is 23.4 Å². The number of amides is 3. The summed E-state index contributed by atoms with van der Waals surface area (Å²) in [6, 6.07) is 4.70. The van der Waals surface area contributed by atoms with Crippen molar-refractivity contribution in [3.05, 3.63) is 29.3 Å². The molecule has 1 aliphatic heterocycles. The van der Waals surface area contributed by atoms with Gasteiger partial charge in [0.15, 0.2) is 0 Å². The zero-order valence-electron chi connectivity index (χ0n) is 15.1. The van der Waals surface area contributed by atoms with Crippen LogP contribution in [0, 0.1) is 0 Å². The Morgan fingerprint density at radius 3 is 2.69 bits per heavy atom. The average molecular weight is 358 g/mol. The van der Waals surface area contributed by atoms with Crippen molar-refractivity contribution in [1.82, 2.24) is 10.7 Å². The molecule has 7 nitrogen and oxygen atoms in total. The number of fused-ring (bicyclic) bond motifs is 1. The number of nitrogens with two attached hydrogens (primary N) is 1. The second kappa shape index (κ2) is 7.86. The minimum absolute atomic E-state index is 0.109. The molecule has 7 heteroatoms. The first kappa shape index (κ1) is 18.4. The van der Waals surface area contributed by atoms with Crippen molar-refractivity contribution in [2.45, 2.75) is 64.0 Å². The number of hydrogen-bond donors (Lipinski definition) is 3. The molecule has 1 fully saturated rings. The molecule has 3 rings (SSSR count). The fraction of sp³-hybridized carbons (Fsp3) is 0.526. The van der Waals surface area contributed by atoms with Crippen molar-refractivity contribution in [2.24, 2.45) is 5.73 Å². The molecule has 1 heterocycles. The Hall–Kier alpha value is -2.41. The third-order valence-corrected chi connectivity index (χ3v) is 5.11. The van der Waals surface area contributed by atoms with E-state index in [-0.39, 0.29) is 24.3 Å². The quantitative estimate of drug-likeness (QED) is 0.740. The molecule has 1 aliphatic carbocycles. The van der Waals surface area contributed by atoms with Gasteiger partial charge in [-0.2, -0.15) is 0 Å². The molecule has 140 valence electrons. The van der Waals surface area contributed by atoms with E-state index in [1.54, 1.807) is 25.1 Å². The maximum atomic E-state index is 12.5. The van der Waals surface area contributed by atoms with Gasteiger partial charge in [-0.25, -0.2) is 5.01 Å². The van der Waals surface area contributed by atoms with Gasteiger partial charge in [-0.1, -0.05) is 26.2 Å². The third-order valence-electron chi connectivity index (χ3n) is 5.11. The van der Waals surface area contributed by atoms with Crippen LogP contribution in [0.1, 0.15) is 61.4 Å². The van der Waals surface area contributed by atoms with Gasteiger partial charge in [-0.05, 0) is 43.0 Å². The van der Waals surface area contributed by atoms with Gasteiger partial charge in [-0.3, -0.25) is 19.8 Å². The van der Waals surface area contributed by atoms with Crippen LogP contribution in [0.3, 0.4) is 0 Å². The second-order valence-electron chi connectivity index (χ2n) is 7.05. The number of carbonyl (C=O) groups excluding carboxylic acids is 3. The average Bonchev–Trinajstić information content (AvgIpc) is 2.96. The van der Waals surface area contributed by atoms with E-state index in [1.165, 1.54) is 11.4 Å². The van der Waals surface area contributed by atoms with Crippen LogP contribution in [0.5, 0.6) is 0 Å². The summed E-state index contributed by atoms with van der Waals surface area (Å²) in [7, 11) is 0. The van der Waals surface area contributed by atoms with Crippen LogP contribution in [-0.4, -0.2) is 29.8 Å². The van der Waals surface area contributed by atoms with Crippen molar-refractivity contribution in [3.8, 4) is 0 Å². The van der Waals surface area contributed by atoms with Crippen LogP contribution in [0.25, 0.3) is 0 Å². The Kier molecular flexibility index (Phi) is 5.56. The zero-order chi connectivity index (χ0) is 18.7. The Labute approximate surface area is 153 Å². The van der Waals surface area contributed by atoms with E-state index in [1.807, 2.05) is 0 Å². The van der Waals surface area contributed by atoms with E-state index in [9.17, 15) is 14.4 Å². The van der Waals surface area contributed by atoms with Crippen LogP contribution < -0.4 is 21.5 Å². The predicted molar refractivity (Wildman–Crippen MR) is 98.4 cm³/mol. The van der Waals surface area contributed by atoms with E-state index in [0.29, 0.717) is 17.7 Å². The van der Waals surface area contributed by atoms with Gasteiger partial charge in [0, 0.05) is 11.6 Å². The molecule has 0 radical (unpaired) electrons. The molecule has 1 saturated carbocycles. The Balaban J connectivity index is 1.70. The van der Waals surface area contributed by atoms with Gasteiger partial charge in [-0.15, -0.1) is 0 Å². The summed E-state index contributed by atoms with van der Waals surface area (Å²) in [4.78, 5) is 36.7. The largest absolute Gasteiger partial charge is 0.349 e. The summed E-state index contributed by atoms with van der Waals surface area (Å²) in [5.74, 6) is -0.739. The second-order valence-corrected chi connectivity index (χ2v) is 7.05. The van der Waals surface area contributed by atoms with Crippen LogP contribution in [0.4, 0.5) is 5.69 Å². The molecule has 0 bridgehead atoms. The lowest BCUT2D eigenvalue weighted by Crippen LogP contribution is -2.50. The zero-order valence-corrected chi connectivity index (χ0v) is 15.1. The number of nitrogens with zero attached hydrogens (tertiary/aromatic N) is 1. The maximum Gasteiger partial charge on any atom is 0.255 e. The highest BCUT2D eigenvalue weighted by atomic mass is 16.2. The van der Waals surface area contributed by atoms with Gasteiger partial charge in [0.25, 0.3) is 11.8 Å². The van der Waals surface area contributed by atoms with Crippen molar-refractivity contribution in [1.29, 1.82) is 0 Å². The number of carbonyl (C=O) groups is 3. The highest BCUT2D eigenvalue weighted by molar-refractivity contribution is 6.05. The Bertz CT molecular complexity index is 713. The number of hydrazine groups is 1. The normalized spacial score (nSPS) is 18.4. The topological polar surface area (TPSA) is 105 Å². The lowest BCUT2D eigenvalue weighted by atomic mass is 9.95. The molecule has 26 heavy (non-hydrogen) atoms. The van der Waals surface area contributed by atoms with E-state index in [0.717, 1.165) is 31.2 Å². The van der Waals surface area contributed by atoms with E-state index >= 15 is 0 Å². The van der Waals surface area contributed by atoms with Crippen LogP contribution in [0.2, 0.25) is 0 Å². The molecule has 1 aromatic carbocycles. The minimum atomic E-state index is -0.660. The molecule has 4 N–H and O–H groups in total. The summed E-state index contributed by atoms with van der Waals surface area (Å²) < 4.78 is 0. The lowest BCUT2D eigenvalue weighted by Gasteiger charge is -2.23. The van der Waals surface area contributed by atoms with Gasteiger partial charge in [0.1, 0.15) is 0 Å². The van der Waals surface area contributed by atoms with Crippen LogP contribution in [-0.2, 0) is 16.0 Å². The van der Waals surface area contributed by atoms with E-state index in [4.69, 9.17) is 5.73 Å². The maximum absolute atomic E-state index is 12.5. The number of hydrogen-bond acceptors (Lipinski definition) is 4. The van der Waals surface area contributed by atoms with Gasteiger partial charge in [0.2, 0.25) is 5.91 Å². The highest BCUT2D eigenvalue weighted by Crippen LogP contribution is 2.28. The van der Waals surface area contributed by atoms with Crippen LogP contribution >= 0.6 is 0 Å². The lowest BCUT2D eigenvalue weighted by molar-refractivity contribution is -0.126. The molecule has 2 aliphatic rings. The van der Waals surface area contributed by atoms with Gasteiger partial charge < -0.3 is 11.1 Å². The Morgan fingerprint density at radius 1 is 1.27 bits per heavy atom. The van der Waals surface area contributed by atoms with E-state index in [2.05, 4.69) is 10.7 Å². The Morgan fingerprint density at radius 2 is 2.00 bits per heavy atom. The molecule has 1 aromatic rings. The summed E-state index contributed by atoms with van der Waals surface area (Å²) in [5.41, 5.74) is 10.2. The molecule has 1 unspecified atom stereocenters. The number of benzene rings is 1. The summed E-state index contributed by atoms with van der Waals surface area (Å²) in [6.07, 6.45) is 6.22. The molecule has 0 spiro atoms. The SMILES string of the molecule is CCC(N)C(=O)NN1C(=O)Cc2cc(C(=O)NC3CCCCC3)ccc21. The number of anilines is 1. The van der Waals surface area contributed by atoms with Crippen LogP contribution in [0.15, 0.2) is 18.2 Å². The summed E-state index contributed by atoms with van der Waals surface area (Å²) in [5, 5.41) is 4.31. The van der Waals surface area contributed by atoms with Gasteiger partial charge >= 0.3 is 0 Å². The minimum Gasteiger partial charge on any atom is -0.349 e. The van der Waals surface area contributed by atoms with Crippen molar-refractivity contribution < 1.29 is 14.4 Å². The standard InChI is InChI=1S/C19H26N4O3/c1-2-15(20)19(26)22-23-16-9-8-12(10-13(16)11-17(23)24)18(25)21-14-6-4-3-5-7-14/h8-10,14-15H,2-7,11,20H2,1H3,(H,21,25)(H,22,26). The molecular formula is C19H26N4O3. The molecule has 0 saturated heterocycles. The van der Waals surface area contributed by atoms with Crippen molar-refractivity contribution in [3.63, 3.8) is 0 Å². The summed E-state index contributed by atoms with van der Waals surface area (Å²) >= 11 is 0. The number of rotatable bonds is 5. The summed E-state index contributed by atoms with van der Waals surface area (Å²) in [6.45, 7) is 1.81. The molecule has 3 amide bonds. The monoisotopic (exact) mass is 358 g/mol. The molecule has 0 aromatic heterocycles. The van der Waals surface area contributed by atoms with Gasteiger partial charge in [0.05, 0.1) is 18.2 Å².